The quantitative estimate of drug-likeness (QED) is 0.803. The average Bonchev–Trinajstić information content (AvgIpc) is 2.41. The molecule has 0 aliphatic rings. The Hall–Kier alpha value is -0.380. The van der Waals surface area contributed by atoms with Crippen molar-refractivity contribution in [2.24, 2.45) is 0 Å². The van der Waals surface area contributed by atoms with Gasteiger partial charge in [-0.25, -0.2) is 4.98 Å². The van der Waals surface area contributed by atoms with Gasteiger partial charge in [0.25, 0.3) is 10.1 Å². The molecule has 1 rings (SSSR count). The van der Waals surface area contributed by atoms with Crippen LogP contribution in [-0.2, 0) is 27.1 Å². The number of thiazole rings is 1. The van der Waals surface area contributed by atoms with Gasteiger partial charge in [0.15, 0.2) is 10.2 Å². The van der Waals surface area contributed by atoms with Crippen molar-refractivity contribution in [2.75, 3.05) is 6.26 Å². The van der Waals surface area contributed by atoms with Crippen molar-refractivity contribution >= 4 is 33.1 Å². The normalized spacial score (nSPS) is 13.1. The zero-order valence-corrected chi connectivity index (χ0v) is 10.1. The summed E-state index contributed by atoms with van der Waals surface area (Å²) in [5.74, 6) is 0. The first kappa shape index (κ1) is 13.7. The first-order valence-corrected chi connectivity index (χ1v) is 6.67. The number of aromatic nitrogens is 1. The summed E-state index contributed by atoms with van der Waals surface area (Å²) in [4.78, 5) is 2.69. The van der Waals surface area contributed by atoms with Gasteiger partial charge in [0.1, 0.15) is 6.61 Å². The summed E-state index contributed by atoms with van der Waals surface area (Å²) in [5, 5.41) is 0. The van der Waals surface area contributed by atoms with Crippen LogP contribution in [0.1, 0.15) is 10.6 Å². The highest BCUT2D eigenvalue weighted by Gasteiger charge is 2.37. The molecule has 0 aliphatic carbocycles. The van der Waals surface area contributed by atoms with E-state index in [2.05, 4.69) is 9.17 Å². The van der Waals surface area contributed by atoms with E-state index in [9.17, 15) is 21.6 Å². The third-order valence-electron chi connectivity index (χ3n) is 1.34. The molecule has 4 nitrogen and oxygen atoms in total. The molecular formula is C6H5ClF3NO3S2. The molecule has 1 aromatic heterocycles. The van der Waals surface area contributed by atoms with Gasteiger partial charge in [0.2, 0.25) is 0 Å². The average molecular weight is 296 g/mol. The van der Waals surface area contributed by atoms with E-state index >= 15 is 0 Å². The predicted octanol–water partition coefficient (Wildman–Crippen LogP) is 2.29. The Balaban J connectivity index is 2.96. The molecule has 0 saturated heterocycles. The van der Waals surface area contributed by atoms with E-state index in [0.717, 1.165) is 6.26 Å². The van der Waals surface area contributed by atoms with Gasteiger partial charge < -0.3 is 0 Å². The fourth-order valence-electron chi connectivity index (χ4n) is 0.803. The minimum absolute atomic E-state index is 0.320. The molecular weight excluding hydrogens is 291 g/mol. The van der Waals surface area contributed by atoms with Gasteiger partial charge >= 0.3 is 6.18 Å². The number of nitrogens with zero attached hydrogens (tertiary/aromatic N) is 1. The minimum Gasteiger partial charge on any atom is -0.265 e. The lowest BCUT2D eigenvalue weighted by molar-refractivity contribution is -0.141. The highest BCUT2D eigenvalue weighted by atomic mass is 35.5. The molecule has 0 spiro atoms. The topological polar surface area (TPSA) is 56.3 Å². The zero-order valence-electron chi connectivity index (χ0n) is 7.71. The minimum atomic E-state index is -4.68. The van der Waals surface area contributed by atoms with Crippen LogP contribution in [0.25, 0.3) is 0 Å². The van der Waals surface area contributed by atoms with E-state index in [1.165, 1.54) is 0 Å². The monoisotopic (exact) mass is 295 g/mol. The Morgan fingerprint density at radius 1 is 1.50 bits per heavy atom. The predicted molar refractivity (Wildman–Crippen MR) is 51.8 cm³/mol. The van der Waals surface area contributed by atoms with Crippen LogP contribution in [0.15, 0.2) is 0 Å². The van der Waals surface area contributed by atoms with Gasteiger partial charge in [-0.05, 0) is 0 Å². The molecule has 0 radical (unpaired) electrons. The standard InChI is InChI=1S/C6H5ClF3NO3S2/c1-16(12,13)14-2-3-4(6(8,9)10)11-5(7)15-3/h2H2,1H3. The van der Waals surface area contributed by atoms with Gasteiger partial charge in [-0.3, -0.25) is 4.18 Å². The lowest BCUT2D eigenvalue weighted by Gasteiger charge is -2.05. The van der Waals surface area contributed by atoms with Crippen LogP contribution in [0.5, 0.6) is 0 Å². The van der Waals surface area contributed by atoms with Crippen molar-refractivity contribution in [2.45, 2.75) is 12.8 Å². The van der Waals surface area contributed by atoms with Crippen molar-refractivity contribution in [1.82, 2.24) is 4.98 Å². The van der Waals surface area contributed by atoms with Crippen LogP contribution in [0.4, 0.5) is 13.2 Å². The van der Waals surface area contributed by atoms with Crippen molar-refractivity contribution in [3.05, 3.63) is 15.0 Å². The van der Waals surface area contributed by atoms with E-state index in [4.69, 9.17) is 11.6 Å². The van der Waals surface area contributed by atoms with Crippen molar-refractivity contribution in [3.63, 3.8) is 0 Å². The van der Waals surface area contributed by atoms with E-state index in [1.807, 2.05) is 0 Å². The summed E-state index contributed by atoms with van der Waals surface area (Å²) in [6.07, 6.45) is -3.94. The molecule has 0 aromatic carbocycles. The first-order chi connectivity index (χ1) is 7.09. The van der Waals surface area contributed by atoms with E-state index < -0.39 is 28.6 Å². The molecule has 10 heteroatoms. The van der Waals surface area contributed by atoms with Gasteiger partial charge in [0, 0.05) is 0 Å². The Bertz CT molecular complexity index is 482. The number of rotatable bonds is 3. The summed E-state index contributed by atoms with van der Waals surface area (Å²) in [6, 6.07) is 0. The Labute approximate surface area is 98.1 Å². The second kappa shape index (κ2) is 4.47. The molecule has 1 aromatic rings. The fourth-order valence-corrected chi connectivity index (χ4v) is 2.29. The van der Waals surface area contributed by atoms with Gasteiger partial charge in [-0.15, -0.1) is 11.3 Å². The van der Waals surface area contributed by atoms with Gasteiger partial charge in [-0.2, -0.15) is 21.6 Å². The Morgan fingerprint density at radius 2 is 2.06 bits per heavy atom. The smallest absolute Gasteiger partial charge is 0.265 e. The molecule has 0 atom stereocenters. The van der Waals surface area contributed by atoms with Crippen LogP contribution < -0.4 is 0 Å². The summed E-state index contributed by atoms with van der Waals surface area (Å²) >= 11 is 5.85. The molecule has 0 saturated carbocycles. The third kappa shape index (κ3) is 3.89. The molecule has 1 heterocycles. The lowest BCUT2D eigenvalue weighted by atomic mass is 10.4. The number of alkyl halides is 3. The maximum Gasteiger partial charge on any atom is 0.434 e. The van der Waals surface area contributed by atoms with Crippen LogP contribution in [0.3, 0.4) is 0 Å². The molecule has 92 valence electrons. The molecule has 0 N–H and O–H groups in total. The van der Waals surface area contributed by atoms with Crippen LogP contribution in [0.2, 0.25) is 4.47 Å². The van der Waals surface area contributed by atoms with E-state index in [0.29, 0.717) is 11.3 Å². The van der Waals surface area contributed by atoms with Crippen LogP contribution >= 0.6 is 22.9 Å². The van der Waals surface area contributed by atoms with Gasteiger partial charge in [-0.1, -0.05) is 11.6 Å². The summed E-state index contributed by atoms with van der Waals surface area (Å²) in [6.45, 7) is -0.724. The molecule has 0 unspecified atom stereocenters. The summed E-state index contributed by atoms with van der Waals surface area (Å²) in [7, 11) is -3.81. The second-order valence-corrected chi connectivity index (χ2v) is 6.01. The Kier molecular flexibility index (Phi) is 3.83. The maximum absolute atomic E-state index is 12.4. The molecule has 0 aliphatic heterocycles. The van der Waals surface area contributed by atoms with Crippen molar-refractivity contribution in [1.29, 1.82) is 0 Å². The summed E-state index contributed by atoms with van der Waals surface area (Å²) in [5.41, 5.74) is -1.22. The van der Waals surface area contributed by atoms with Crippen LogP contribution in [0, 0.1) is 0 Å². The zero-order chi connectivity index (χ0) is 12.6. The SMILES string of the molecule is CS(=O)(=O)OCc1sc(Cl)nc1C(F)(F)F. The molecule has 0 bridgehead atoms. The lowest BCUT2D eigenvalue weighted by Crippen LogP contribution is -2.10. The first-order valence-electron chi connectivity index (χ1n) is 3.66. The largest absolute Gasteiger partial charge is 0.434 e. The van der Waals surface area contributed by atoms with E-state index in [1.54, 1.807) is 0 Å². The number of hydrogen-bond donors (Lipinski definition) is 0. The van der Waals surface area contributed by atoms with E-state index in [-0.39, 0.29) is 9.34 Å². The number of hydrogen-bond acceptors (Lipinski definition) is 5. The third-order valence-corrected chi connectivity index (χ3v) is 3.02. The van der Waals surface area contributed by atoms with Crippen molar-refractivity contribution < 1.29 is 25.8 Å². The van der Waals surface area contributed by atoms with Crippen molar-refractivity contribution in [3.8, 4) is 0 Å². The molecule has 0 fully saturated rings. The maximum atomic E-state index is 12.4. The highest BCUT2D eigenvalue weighted by molar-refractivity contribution is 7.85. The second-order valence-electron chi connectivity index (χ2n) is 2.70. The summed E-state index contributed by atoms with van der Waals surface area (Å²) < 4.78 is 62.3. The van der Waals surface area contributed by atoms with Gasteiger partial charge in [0.05, 0.1) is 11.1 Å². The molecule has 0 amide bonds. The Morgan fingerprint density at radius 3 is 2.50 bits per heavy atom. The molecule has 16 heavy (non-hydrogen) atoms. The highest BCUT2D eigenvalue weighted by Crippen LogP contribution is 2.36. The fraction of sp³-hybridized carbons (Fsp3) is 0.500. The number of halogens is 4. The van der Waals surface area contributed by atoms with Crippen LogP contribution in [-0.4, -0.2) is 19.7 Å².